The molecule has 88 valence electrons. The number of carbonyl (C=O) groups excluding carboxylic acids is 1. The van der Waals surface area contributed by atoms with E-state index in [0.717, 1.165) is 16.8 Å². The van der Waals surface area contributed by atoms with Gasteiger partial charge in [-0.15, -0.1) is 0 Å². The Hall–Kier alpha value is -2.35. The van der Waals surface area contributed by atoms with Crippen molar-refractivity contribution in [1.82, 2.24) is 0 Å². The molecule has 1 heterocycles. The highest BCUT2D eigenvalue weighted by molar-refractivity contribution is 6.20. The van der Waals surface area contributed by atoms with Crippen LogP contribution < -0.4 is 5.32 Å². The van der Waals surface area contributed by atoms with Crippen molar-refractivity contribution in [2.75, 3.05) is 5.32 Å². The topological polar surface area (TPSA) is 29.1 Å². The van der Waals surface area contributed by atoms with Crippen LogP contribution in [0.4, 0.5) is 5.69 Å². The van der Waals surface area contributed by atoms with Gasteiger partial charge < -0.3 is 5.32 Å². The largest absolute Gasteiger partial charge is 0.352 e. The van der Waals surface area contributed by atoms with Gasteiger partial charge in [0.2, 0.25) is 5.78 Å². The summed E-state index contributed by atoms with van der Waals surface area (Å²) in [6.45, 7) is 2.05. The summed E-state index contributed by atoms with van der Waals surface area (Å²) in [6, 6.07) is 15.7. The zero-order valence-electron chi connectivity index (χ0n) is 10.1. The summed E-state index contributed by atoms with van der Waals surface area (Å²) in [6.07, 6.45) is 1.89. The molecule has 0 radical (unpaired) electrons. The van der Waals surface area contributed by atoms with Gasteiger partial charge in [-0.25, -0.2) is 0 Å². The standard InChI is InChI=1S/C16H13NO/c1-11-6-8-12(9-7-11)10-15-16(18)13-4-2-3-5-14(13)17-15/h2-10,17H,1H3. The van der Waals surface area contributed by atoms with Crippen molar-refractivity contribution < 1.29 is 4.79 Å². The molecule has 0 unspecified atom stereocenters. The van der Waals surface area contributed by atoms with Gasteiger partial charge in [0.25, 0.3) is 0 Å². The molecule has 18 heavy (non-hydrogen) atoms. The van der Waals surface area contributed by atoms with Crippen LogP contribution in [0.2, 0.25) is 0 Å². The molecule has 2 nitrogen and oxygen atoms in total. The fourth-order valence-electron chi connectivity index (χ4n) is 2.07. The lowest BCUT2D eigenvalue weighted by Gasteiger charge is -1.99. The second-order valence-electron chi connectivity index (χ2n) is 4.47. The lowest BCUT2D eigenvalue weighted by Crippen LogP contribution is -1.99. The monoisotopic (exact) mass is 235 g/mol. The molecule has 0 atom stereocenters. The summed E-state index contributed by atoms with van der Waals surface area (Å²) in [4.78, 5) is 12.1. The van der Waals surface area contributed by atoms with E-state index < -0.39 is 0 Å². The summed E-state index contributed by atoms with van der Waals surface area (Å²) in [5, 5.41) is 3.16. The highest BCUT2D eigenvalue weighted by atomic mass is 16.1. The summed E-state index contributed by atoms with van der Waals surface area (Å²) < 4.78 is 0. The predicted octanol–water partition coefficient (Wildman–Crippen LogP) is 3.64. The number of rotatable bonds is 1. The van der Waals surface area contributed by atoms with Crippen molar-refractivity contribution in [3.05, 3.63) is 70.9 Å². The van der Waals surface area contributed by atoms with E-state index in [1.807, 2.05) is 61.5 Å². The van der Waals surface area contributed by atoms with Gasteiger partial charge in [0.05, 0.1) is 5.70 Å². The lowest BCUT2D eigenvalue weighted by molar-refractivity contribution is 0.104. The maximum Gasteiger partial charge on any atom is 0.211 e. The average Bonchev–Trinajstić information content (AvgIpc) is 2.70. The number of Topliss-reactive ketones (excluding diaryl/α,β-unsaturated/α-hetero) is 1. The molecule has 0 aliphatic carbocycles. The Kier molecular flexibility index (Phi) is 2.49. The molecule has 0 aromatic heterocycles. The third kappa shape index (κ3) is 1.82. The number of carbonyl (C=O) groups is 1. The fraction of sp³-hybridized carbons (Fsp3) is 0.0625. The first-order chi connectivity index (χ1) is 8.74. The van der Waals surface area contributed by atoms with Crippen LogP contribution >= 0.6 is 0 Å². The number of allylic oxidation sites excluding steroid dienone is 1. The number of aryl methyl sites for hydroxylation is 1. The average molecular weight is 235 g/mol. The van der Waals surface area contributed by atoms with Crippen molar-refractivity contribution in [2.24, 2.45) is 0 Å². The van der Waals surface area contributed by atoms with E-state index in [1.54, 1.807) is 0 Å². The molecule has 2 aromatic rings. The molecule has 0 amide bonds. The van der Waals surface area contributed by atoms with Crippen LogP contribution in [-0.4, -0.2) is 5.78 Å². The second-order valence-corrected chi connectivity index (χ2v) is 4.47. The van der Waals surface area contributed by atoms with Gasteiger partial charge in [-0.2, -0.15) is 0 Å². The quantitative estimate of drug-likeness (QED) is 0.764. The Morgan fingerprint density at radius 1 is 1.00 bits per heavy atom. The molecule has 0 spiro atoms. The molecule has 1 N–H and O–H groups in total. The highest BCUT2D eigenvalue weighted by Gasteiger charge is 2.23. The van der Waals surface area contributed by atoms with E-state index >= 15 is 0 Å². The normalized spacial score (nSPS) is 15.6. The Labute approximate surface area is 106 Å². The van der Waals surface area contributed by atoms with Gasteiger partial charge >= 0.3 is 0 Å². The third-order valence-electron chi connectivity index (χ3n) is 3.07. The van der Waals surface area contributed by atoms with Crippen LogP contribution in [0, 0.1) is 6.92 Å². The van der Waals surface area contributed by atoms with Gasteiger partial charge in [0, 0.05) is 11.3 Å². The van der Waals surface area contributed by atoms with E-state index in [1.165, 1.54) is 5.56 Å². The van der Waals surface area contributed by atoms with Crippen LogP contribution in [0.5, 0.6) is 0 Å². The minimum atomic E-state index is 0.0613. The smallest absolute Gasteiger partial charge is 0.211 e. The first-order valence-electron chi connectivity index (χ1n) is 5.93. The van der Waals surface area contributed by atoms with Crippen molar-refractivity contribution >= 4 is 17.5 Å². The molecule has 1 aliphatic heterocycles. The number of fused-ring (bicyclic) bond motifs is 1. The van der Waals surface area contributed by atoms with E-state index in [9.17, 15) is 4.79 Å². The van der Waals surface area contributed by atoms with Crippen molar-refractivity contribution in [1.29, 1.82) is 0 Å². The summed E-state index contributed by atoms with van der Waals surface area (Å²) >= 11 is 0. The number of nitrogens with one attached hydrogen (secondary N) is 1. The van der Waals surface area contributed by atoms with Gasteiger partial charge in [-0.05, 0) is 30.7 Å². The molecule has 0 fully saturated rings. The van der Waals surface area contributed by atoms with Gasteiger partial charge in [0.1, 0.15) is 0 Å². The molecular weight excluding hydrogens is 222 g/mol. The summed E-state index contributed by atoms with van der Waals surface area (Å²) in [7, 11) is 0. The van der Waals surface area contributed by atoms with Crippen LogP contribution in [0.1, 0.15) is 21.5 Å². The van der Waals surface area contributed by atoms with Crippen molar-refractivity contribution in [2.45, 2.75) is 6.92 Å². The minimum absolute atomic E-state index is 0.0613. The molecule has 0 saturated heterocycles. The molecule has 2 aromatic carbocycles. The first-order valence-corrected chi connectivity index (χ1v) is 5.93. The van der Waals surface area contributed by atoms with Gasteiger partial charge in [-0.1, -0.05) is 42.0 Å². The van der Waals surface area contributed by atoms with Gasteiger partial charge in [-0.3, -0.25) is 4.79 Å². The van der Waals surface area contributed by atoms with E-state index in [0.29, 0.717) is 5.70 Å². The Morgan fingerprint density at radius 2 is 1.72 bits per heavy atom. The third-order valence-corrected chi connectivity index (χ3v) is 3.07. The van der Waals surface area contributed by atoms with Crippen molar-refractivity contribution in [3.63, 3.8) is 0 Å². The second kappa shape index (κ2) is 4.15. The summed E-state index contributed by atoms with van der Waals surface area (Å²) in [5.74, 6) is 0.0613. The molecule has 3 rings (SSSR count). The van der Waals surface area contributed by atoms with Crippen molar-refractivity contribution in [3.8, 4) is 0 Å². The van der Waals surface area contributed by atoms with Crippen LogP contribution in [0.3, 0.4) is 0 Å². The zero-order chi connectivity index (χ0) is 12.5. The number of para-hydroxylation sites is 1. The maximum absolute atomic E-state index is 12.1. The first kappa shape index (κ1) is 10.8. The Balaban J connectivity index is 1.97. The van der Waals surface area contributed by atoms with E-state index in [-0.39, 0.29) is 5.78 Å². The number of anilines is 1. The maximum atomic E-state index is 12.1. The van der Waals surface area contributed by atoms with E-state index in [4.69, 9.17) is 0 Å². The molecule has 0 bridgehead atoms. The molecular formula is C16H13NO. The van der Waals surface area contributed by atoms with Crippen LogP contribution in [-0.2, 0) is 0 Å². The number of hydrogen-bond donors (Lipinski definition) is 1. The highest BCUT2D eigenvalue weighted by Crippen LogP contribution is 2.28. The number of benzene rings is 2. The molecule has 0 saturated carbocycles. The fourth-order valence-corrected chi connectivity index (χ4v) is 2.07. The SMILES string of the molecule is Cc1ccc(C=C2Nc3ccccc3C2=O)cc1. The lowest BCUT2D eigenvalue weighted by atomic mass is 10.1. The number of ketones is 1. The Morgan fingerprint density at radius 3 is 2.44 bits per heavy atom. The van der Waals surface area contributed by atoms with E-state index in [2.05, 4.69) is 5.32 Å². The van der Waals surface area contributed by atoms with Crippen LogP contribution in [0.15, 0.2) is 54.2 Å². The molecule has 1 aliphatic rings. The number of hydrogen-bond acceptors (Lipinski definition) is 2. The summed E-state index contributed by atoms with van der Waals surface area (Å²) in [5.41, 5.74) is 4.52. The molecule has 2 heteroatoms. The van der Waals surface area contributed by atoms with Gasteiger partial charge in [0.15, 0.2) is 0 Å². The predicted molar refractivity (Wildman–Crippen MR) is 73.6 cm³/mol. The zero-order valence-corrected chi connectivity index (χ0v) is 10.1. The minimum Gasteiger partial charge on any atom is -0.352 e. The van der Waals surface area contributed by atoms with Crippen LogP contribution in [0.25, 0.3) is 6.08 Å². The Bertz CT molecular complexity index is 638.